The molecule has 0 bridgehead atoms. The van der Waals surface area contributed by atoms with Gasteiger partial charge >= 0.3 is 122 Å². The van der Waals surface area contributed by atoms with Crippen LogP contribution in [0.4, 0.5) is 0 Å². The van der Waals surface area contributed by atoms with Crippen molar-refractivity contribution in [1.82, 2.24) is 0 Å². The van der Waals surface area contributed by atoms with E-state index >= 15 is 0 Å². The van der Waals surface area contributed by atoms with E-state index in [0.717, 1.165) is 0 Å². The molecule has 0 rings (SSSR count). The molecule has 0 aliphatic rings. The van der Waals surface area contributed by atoms with Gasteiger partial charge in [-0.2, -0.15) is 0 Å². The summed E-state index contributed by atoms with van der Waals surface area (Å²) in [4.78, 5) is 0. The third-order valence-electron chi connectivity index (χ3n) is 0.556. The van der Waals surface area contributed by atoms with Crippen LogP contribution in [0, 0.1) is 0 Å². The van der Waals surface area contributed by atoms with Gasteiger partial charge in [0, 0.05) is 0 Å². The van der Waals surface area contributed by atoms with Gasteiger partial charge in [-0.3, -0.25) is 0 Å². The SMILES string of the molecule is O.O.O.O.O.O.O.O.O=BOB([O-])OB([O-])OB=O.[Na+].[Na+]. The van der Waals surface area contributed by atoms with Gasteiger partial charge in [0.05, 0.1) is 0 Å². The topological polar surface area (TPSA) is 360 Å². The number of hydrogen-bond donors (Lipinski definition) is 0. The molecule has 0 saturated carbocycles. The fraction of sp³-hybridized carbons (Fsp3) is 0. The monoisotopic (exact) mass is 346 g/mol. The van der Waals surface area contributed by atoms with Crippen LogP contribution < -0.4 is 69.2 Å². The van der Waals surface area contributed by atoms with E-state index in [1.54, 1.807) is 0 Å². The molecule has 21 heavy (non-hydrogen) atoms. The maximum absolute atomic E-state index is 10.1. The largest absolute Gasteiger partial charge is 1.00 e. The maximum atomic E-state index is 10.1. The summed E-state index contributed by atoms with van der Waals surface area (Å²) in [6.07, 6.45) is 0. The Morgan fingerprint density at radius 2 is 0.810 bits per heavy atom. The first-order chi connectivity index (χ1) is 5.20. The van der Waals surface area contributed by atoms with Crippen molar-refractivity contribution in [2.75, 3.05) is 0 Å². The molecule has 0 aromatic heterocycles. The normalized spacial score (nSPS) is 3.90. The summed E-state index contributed by atoms with van der Waals surface area (Å²) in [5, 5.41) is 20.3. The average Bonchev–Trinajstić information content (AvgIpc) is 1.87. The Kier molecular flexibility index (Phi) is 222. The fourth-order valence-corrected chi connectivity index (χ4v) is 0.246. The van der Waals surface area contributed by atoms with Crippen LogP contribution in [0.2, 0.25) is 0 Å². The summed E-state index contributed by atoms with van der Waals surface area (Å²) in [7, 11) is -4.92. The van der Waals surface area contributed by atoms with Crippen LogP contribution in [0.3, 0.4) is 0 Å². The van der Waals surface area contributed by atoms with Crippen molar-refractivity contribution in [3.63, 3.8) is 0 Å². The smallest absolute Gasteiger partial charge is 1.00 e. The van der Waals surface area contributed by atoms with Gasteiger partial charge in [0.2, 0.25) is 0 Å². The molecular weight excluding hydrogens is 329 g/mol. The second-order valence-corrected chi connectivity index (χ2v) is 1.18. The van der Waals surface area contributed by atoms with E-state index in [1.165, 1.54) is 0 Å². The Balaban J connectivity index is -0.0000000111. The van der Waals surface area contributed by atoms with Crippen molar-refractivity contribution in [1.29, 1.82) is 0 Å². The molecule has 16 N–H and O–H groups in total. The summed E-state index contributed by atoms with van der Waals surface area (Å²) in [5.41, 5.74) is 0. The molecule has 0 aliphatic heterocycles. The molecule has 15 nitrogen and oxygen atoms in total. The molecule has 0 spiro atoms. The van der Waals surface area contributed by atoms with E-state index in [2.05, 4.69) is 13.7 Å². The first-order valence-electron chi connectivity index (χ1n) is 2.36. The number of hydrogen-bond acceptors (Lipinski definition) is 7. The van der Waals surface area contributed by atoms with Crippen LogP contribution in [0.15, 0.2) is 0 Å². The molecular formula is H16B4Na2O15. The first-order valence-corrected chi connectivity index (χ1v) is 2.36. The molecule has 0 amide bonds. The molecule has 0 fully saturated rings. The molecule has 0 heterocycles. The zero-order valence-corrected chi connectivity index (χ0v) is 15.2. The zero-order valence-electron chi connectivity index (χ0n) is 11.2. The second-order valence-electron chi connectivity index (χ2n) is 1.18. The second kappa shape index (κ2) is 58.3. The summed E-state index contributed by atoms with van der Waals surface area (Å²) in [6.45, 7) is 0. The van der Waals surface area contributed by atoms with E-state index in [-0.39, 0.29) is 118 Å². The van der Waals surface area contributed by atoms with Crippen molar-refractivity contribution < 1.29 is 136 Å². The van der Waals surface area contributed by atoms with Crippen LogP contribution in [0.1, 0.15) is 0 Å². The molecule has 0 saturated heterocycles. The quantitative estimate of drug-likeness (QED) is 0.417. The van der Waals surface area contributed by atoms with Crippen molar-refractivity contribution in [3.05, 3.63) is 0 Å². The van der Waals surface area contributed by atoms with Crippen molar-refractivity contribution in [2.45, 2.75) is 0 Å². The molecule has 0 unspecified atom stereocenters. The minimum Gasteiger partial charge on any atom is 1.00 e. The van der Waals surface area contributed by atoms with Crippen LogP contribution in [0.5, 0.6) is 0 Å². The molecule has 0 radical (unpaired) electrons. The van der Waals surface area contributed by atoms with Gasteiger partial charge in [0.15, 0.2) is 0 Å². The molecule has 0 atom stereocenters. The van der Waals surface area contributed by atoms with E-state index in [0.29, 0.717) is 0 Å². The average molecular weight is 345 g/mol. The Hall–Kier alpha value is 1.02. The van der Waals surface area contributed by atoms with Crippen LogP contribution >= 0.6 is 0 Å². The van der Waals surface area contributed by atoms with Gasteiger partial charge < -0.3 is 43.8 Å². The fourth-order valence-electron chi connectivity index (χ4n) is 0.246. The van der Waals surface area contributed by atoms with Crippen molar-refractivity contribution in [2.24, 2.45) is 0 Å². The van der Waals surface area contributed by atoms with Gasteiger partial charge in [-0.15, -0.1) is 0 Å². The summed E-state index contributed by atoms with van der Waals surface area (Å²) in [5.74, 6) is 0. The minimum atomic E-state index is -2.27. The Morgan fingerprint density at radius 1 is 0.619 bits per heavy atom. The van der Waals surface area contributed by atoms with Crippen LogP contribution in [-0.4, -0.2) is 73.2 Å². The maximum Gasteiger partial charge on any atom is 1.00 e. The summed E-state index contributed by atoms with van der Waals surface area (Å²) in [6, 6.07) is 0. The standard InChI is InChI=1S/B4O7.2Na.8H2O/c5-1-9-3(7)11-4(8)10-2-6;;;;;;;;;;/h;;;8*1H2/q-2;2*+1;;;;;;;;. The Labute approximate surface area is 164 Å². The molecule has 120 valence electrons. The van der Waals surface area contributed by atoms with Gasteiger partial charge in [-0.1, -0.05) is 0 Å². The third-order valence-corrected chi connectivity index (χ3v) is 0.556. The predicted octanol–water partition coefficient (Wildman–Crippen LogP) is -16.9. The van der Waals surface area contributed by atoms with Gasteiger partial charge in [-0.05, 0) is 0 Å². The number of rotatable bonds is 6. The van der Waals surface area contributed by atoms with Crippen LogP contribution in [0.25, 0.3) is 0 Å². The molecule has 0 aliphatic carbocycles. The van der Waals surface area contributed by atoms with Gasteiger partial charge in [-0.25, -0.2) is 0 Å². The van der Waals surface area contributed by atoms with E-state index in [9.17, 15) is 19.5 Å². The van der Waals surface area contributed by atoms with Gasteiger partial charge in [0.25, 0.3) is 0 Å². The third kappa shape index (κ3) is 62.6. The first kappa shape index (κ1) is 80.1. The van der Waals surface area contributed by atoms with E-state index in [1.807, 2.05) is 0 Å². The van der Waals surface area contributed by atoms with Crippen LogP contribution in [-0.2, 0) is 23.1 Å². The molecule has 0 aromatic carbocycles. The molecule has 0 aromatic rings. The summed E-state index contributed by atoms with van der Waals surface area (Å²) < 4.78 is 29.8. The predicted molar refractivity (Wildman–Crippen MR) is 56.6 cm³/mol. The zero-order chi connectivity index (χ0) is 8.69. The van der Waals surface area contributed by atoms with Crippen molar-refractivity contribution in [3.8, 4) is 0 Å². The van der Waals surface area contributed by atoms with Crippen molar-refractivity contribution >= 4 is 29.3 Å². The van der Waals surface area contributed by atoms with E-state index in [4.69, 9.17) is 0 Å². The van der Waals surface area contributed by atoms with E-state index < -0.39 is 14.6 Å². The summed E-state index contributed by atoms with van der Waals surface area (Å²) >= 11 is 0. The Bertz CT molecular complexity index is 123. The molecule has 21 heteroatoms. The van der Waals surface area contributed by atoms with Gasteiger partial charge in [0.1, 0.15) is 0 Å². The minimum absolute atomic E-state index is 0. The Morgan fingerprint density at radius 3 is 0.952 bits per heavy atom.